The number of hydrogen-bond donors (Lipinski definition) is 1. The molecule has 0 aliphatic heterocycles. The highest BCUT2D eigenvalue weighted by Crippen LogP contribution is 2.63. The van der Waals surface area contributed by atoms with Gasteiger partial charge in [0.1, 0.15) is 0 Å². The molecule has 4 nitrogen and oxygen atoms in total. The first-order valence-electron chi connectivity index (χ1n) is 4.89. The topological polar surface area (TPSA) is 72.7 Å². The highest BCUT2D eigenvalue weighted by Gasteiger charge is 2.63. The van der Waals surface area contributed by atoms with Crippen LogP contribution in [-0.2, 0) is 4.79 Å². The third-order valence-corrected chi connectivity index (χ3v) is 4.39. The second kappa shape index (κ2) is 2.49. The van der Waals surface area contributed by atoms with Crippen LogP contribution in [0.2, 0.25) is 0 Å². The summed E-state index contributed by atoms with van der Waals surface area (Å²) in [7, 11) is 0. The molecule has 0 unspecified atom stereocenters. The number of carboxylic acid groups (broad SMARTS) is 1. The van der Waals surface area contributed by atoms with Crippen molar-refractivity contribution in [2.45, 2.75) is 33.1 Å². The van der Waals surface area contributed by atoms with Gasteiger partial charge >= 0.3 is 0 Å². The maximum atomic E-state index is 11.3. The van der Waals surface area contributed by atoms with Gasteiger partial charge in [0, 0.05) is 0 Å². The summed E-state index contributed by atoms with van der Waals surface area (Å²) < 4.78 is 0. The Bertz CT molecular complexity index is 321. The lowest BCUT2D eigenvalue weighted by Crippen LogP contribution is -2.51. The molecule has 0 radical (unpaired) electrons. The summed E-state index contributed by atoms with van der Waals surface area (Å²) in [5, 5.41) is 23.2. The van der Waals surface area contributed by atoms with E-state index in [1.165, 1.54) is 0 Å². The van der Waals surface area contributed by atoms with Gasteiger partial charge in [-0.1, -0.05) is 19.0 Å². The van der Waals surface area contributed by atoms with Crippen LogP contribution in [-0.4, -0.2) is 16.9 Å². The number of hydrogen-bond acceptors (Lipinski definition) is 4. The molecule has 0 aromatic carbocycles. The summed E-state index contributed by atoms with van der Waals surface area (Å²) in [5.74, 6) is -0.776. The second-order valence-corrected chi connectivity index (χ2v) is 4.90. The summed E-state index contributed by atoms with van der Waals surface area (Å²) >= 11 is 0. The van der Waals surface area contributed by atoms with Crippen molar-refractivity contribution < 1.29 is 15.1 Å². The minimum atomic E-state index is -1.09. The summed E-state index contributed by atoms with van der Waals surface area (Å²) in [6.07, 6.45) is 2.03. The van der Waals surface area contributed by atoms with Crippen molar-refractivity contribution in [2.75, 3.05) is 0 Å². The zero-order chi connectivity index (χ0) is 10.6. The molecule has 0 spiro atoms. The van der Waals surface area contributed by atoms with Gasteiger partial charge in [-0.15, -0.1) is 0 Å². The highest BCUT2D eigenvalue weighted by atomic mass is 16.4. The van der Waals surface area contributed by atoms with E-state index in [0.29, 0.717) is 24.5 Å². The monoisotopic (exact) mass is 196 g/mol. The Kier molecular flexibility index (Phi) is 1.69. The Morgan fingerprint density at radius 3 is 2.64 bits per heavy atom. The lowest BCUT2D eigenvalue weighted by atomic mass is 9.69. The van der Waals surface area contributed by atoms with Crippen LogP contribution in [0.25, 0.3) is 0 Å². The first-order chi connectivity index (χ1) is 6.46. The zero-order valence-corrected chi connectivity index (χ0v) is 8.41. The van der Waals surface area contributed by atoms with Crippen molar-refractivity contribution in [3.05, 3.63) is 0 Å². The number of carbonyl (C=O) groups excluding carboxylic acids is 1. The maximum absolute atomic E-state index is 11.3. The van der Waals surface area contributed by atoms with E-state index in [2.05, 4.69) is 5.16 Å². The van der Waals surface area contributed by atoms with Gasteiger partial charge in [0.25, 0.3) is 0 Å². The predicted octanol–water partition coefficient (Wildman–Crippen LogP) is 0.393. The van der Waals surface area contributed by atoms with E-state index < -0.39 is 11.4 Å². The fourth-order valence-electron chi connectivity index (χ4n) is 3.31. The fraction of sp³-hybridized carbons (Fsp3) is 0.800. The molecule has 0 aromatic heterocycles. The number of aliphatic carboxylic acids is 1. The van der Waals surface area contributed by atoms with Crippen LogP contribution in [0.4, 0.5) is 0 Å². The molecule has 2 fully saturated rings. The molecule has 2 aliphatic carbocycles. The largest absolute Gasteiger partial charge is 0.549 e. The molecule has 0 heterocycles. The molecule has 0 aromatic rings. The van der Waals surface area contributed by atoms with Crippen LogP contribution in [0, 0.1) is 16.7 Å². The lowest BCUT2D eigenvalue weighted by Gasteiger charge is -2.38. The third-order valence-electron chi connectivity index (χ3n) is 4.39. The Labute approximate surface area is 82.6 Å². The van der Waals surface area contributed by atoms with Crippen molar-refractivity contribution in [1.82, 2.24) is 0 Å². The van der Waals surface area contributed by atoms with E-state index in [0.717, 1.165) is 6.42 Å². The summed E-state index contributed by atoms with van der Waals surface area (Å²) in [6.45, 7) is 3.86. The molecule has 2 atom stereocenters. The molecule has 0 amide bonds. The molecule has 2 bridgehead atoms. The van der Waals surface area contributed by atoms with Crippen molar-refractivity contribution in [3.8, 4) is 0 Å². The standard InChI is InChI=1S/C10H15NO3/c1-9(2)6-3-4-10(9,8(12)13)7(5-6)11-14/h6,14H,3-5H2,1-2H3,(H,12,13)/p-1/b11-7-/t6-,10-/m1/s1. The van der Waals surface area contributed by atoms with Gasteiger partial charge in [0.15, 0.2) is 0 Å². The number of oxime groups is 1. The second-order valence-electron chi connectivity index (χ2n) is 4.90. The van der Waals surface area contributed by atoms with Crippen LogP contribution in [0.1, 0.15) is 33.1 Å². The molecule has 2 aliphatic rings. The van der Waals surface area contributed by atoms with Crippen molar-refractivity contribution in [2.24, 2.45) is 21.9 Å². The average molecular weight is 196 g/mol. The van der Waals surface area contributed by atoms with Crippen LogP contribution < -0.4 is 5.11 Å². The molecule has 2 saturated carbocycles. The molecular weight excluding hydrogens is 182 g/mol. The number of carbonyl (C=O) groups is 1. The Morgan fingerprint density at radius 1 is 1.64 bits per heavy atom. The van der Waals surface area contributed by atoms with E-state index in [4.69, 9.17) is 5.21 Å². The van der Waals surface area contributed by atoms with Gasteiger partial charge in [-0.2, -0.15) is 0 Å². The Hall–Kier alpha value is -1.06. The molecular formula is C10H14NO3-. The molecule has 4 heteroatoms. The summed E-state index contributed by atoms with van der Waals surface area (Å²) in [4.78, 5) is 11.3. The molecule has 2 rings (SSSR count). The quantitative estimate of drug-likeness (QED) is 0.487. The first kappa shape index (κ1) is 9.49. The lowest BCUT2D eigenvalue weighted by molar-refractivity contribution is -0.318. The zero-order valence-electron chi connectivity index (χ0n) is 8.41. The van der Waals surface area contributed by atoms with Gasteiger partial charge in [0.05, 0.1) is 17.1 Å². The normalized spacial score (nSPS) is 41.9. The van der Waals surface area contributed by atoms with Crippen molar-refractivity contribution in [3.63, 3.8) is 0 Å². The van der Waals surface area contributed by atoms with Crippen molar-refractivity contribution in [1.29, 1.82) is 0 Å². The van der Waals surface area contributed by atoms with E-state index in [-0.39, 0.29) is 5.41 Å². The summed E-state index contributed by atoms with van der Waals surface area (Å²) in [5.41, 5.74) is -0.960. The van der Waals surface area contributed by atoms with E-state index in [1.54, 1.807) is 0 Å². The third kappa shape index (κ3) is 0.751. The number of carboxylic acids is 1. The minimum Gasteiger partial charge on any atom is -0.549 e. The van der Waals surface area contributed by atoms with Crippen LogP contribution in [0.5, 0.6) is 0 Å². The first-order valence-corrected chi connectivity index (χ1v) is 4.89. The smallest absolute Gasteiger partial charge is 0.0696 e. The van der Waals surface area contributed by atoms with Gasteiger partial charge in [-0.3, -0.25) is 0 Å². The number of rotatable bonds is 1. The van der Waals surface area contributed by atoms with Gasteiger partial charge < -0.3 is 15.1 Å². The Balaban J connectivity index is 2.57. The number of nitrogens with zero attached hydrogens (tertiary/aromatic N) is 1. The minimum absolute atomic E-state index is 0.311. The van der Waals surface area contributed by atoms with Crippen LogP contribution in [0.15, 0.2) is 5.16 Å². The van der Waals surface area contributed by atoms with E-state index in [9.17, 15) is 9.90 Å². The molecule has 0 saturated heterocycles. The summed E-state index contributed by atoms with van der Waals surface area (Å²) in [6, 6.07) is 0. The molecule has 1 N–H and O–H groups in total. The molecule has 14 heavy (non-hydrogen) atoms. The molecule has 78 valence electrons. The van der Waals surface area contributed by atoms with E-state index >= 15 is 0 Å². The van der Waals surface area contributed by atoms with Crippen molar-refractivity contribution >= 4 is 11.7 Å². The maximum Gasteiger partial charge on any atom is 0.0696 e. The Morgan fingerprint density at radius 2 is 2.29 bits per heavy atom. The van der Waals surface area contributed by atoms with Gasteiger partial charge in [-0.05, 0) is 30.6 Å². The van der Waals surface area contributed by atoms with Gasteiger partial charge in [-0.25, -0.2) is 0 Å². The van der Waals surface area contributed by atoms with Gasteiger partial charge in [0.2, 0.25) is 0 Å². The fourth-order valence-corrected chi connectivity index (χ4v) is 3.31. The van der Waals surface area contributed by atoms with Crippen LogP contribution >= 0.6 is 0 Å². The van der Waals surface area contributed by atoms with Crippen LogP contribution in [0.3, 0.4) is 0 Å². The highest BCUT2D eigenvalue weighted by molar-refractivity contribution is 6.08. The SMILES string of the molecule is CC1(C)[C@@H]2CC[C@]1(C(=O)[O-])/C(=N\O)C2. The number of fused-ring (bicyclic) bond motifs is 2. The van der Waals surface area contributed by atoms with E-state index in [1.807, 2.05) is 13.8 Å². The average Bonchev–Trinajstić information content (AvgIpc) is 2.51. The predicted molar refractivity (Wildman–Crippen MR) is 47.8 cm³/mol.